The summed E-state index contributed by atoms with van der Waals surface area (Å²) in [7, 11) is -3.21. The van der Waals surface area contributed by atoms with E-state index in [-0.39, 0.29) is 0 Å². The number of nitrogens with two attached hydrogens (primary N) is 1. The highest BCUT2D eigenvalue weighted by Crippen LogP contribution is 2.31. The van der Waals surface area contributed by atoms with Gasteiger partial charge in [-0.25, -0.2) is 8.42 Å². The van der Waals surface area contributed by atoms with Crippen LogP contribution in [0.1, 0.15) is 19.8 Å². The Morgan fingerprint density at radius 3 is 2.72 bits per heavy atom. The van der Waals surface area contributed by atoms with Crippen molar-refractivity contribution in [3.63, 3.8) is 0 Å². The van der Waals surface area contributed by atoms with Gasteiger partial charge in [0.25, 0.3) is 0 Å². The second-order valence-corrected chi connectivity index (χ2v) is 7.18. The van der Waals surface area contributed by atoms with Crippen LogP contribution in [0.3, 0.4) is 0 Å². The third-order valence-corrected chi connectivity index (χ3v) is 4.52. The molecule has 1 saturated heterocycles. The van der Waals surface area contributed by atoms with Crippen LogP contribution in [0.5, 0.6) is 0 Å². The zero-order chi connectivity index (χ0) is 13.3. The monoisotopic (exact) mass is 268 g/mol. The first-order chi connectivity index (χ1) is 8.38. The van der Waals surface area contributed by atoms with Gasteiger partial charge in [0.05, 0.1) is 10.6 Å². The Morgan fingerprint density at radius 2 is 2.11 bits per heavy atom. The van der Waals surface area contributed by atoms with Gasteiger partial charge in [-0.3, -0.25) is 0 Å². The molecule has 1 aliphatic rings. The molecule has 0 bridgehead atoms. The number of benzene rings is 1. The summed E-state index contributed by atoms with van der Waals surface area (Å²) in [4.78, 5) is 2.52. The summed E-state index contributed by atoms with van der Waals surface area (Å²) >= 11 is 0. The molecule has 2 rings (SSSR count). The molecule has 2 N–H and O–H groups in total. The van der Waals surface area contributed by atoms with Gasteiger partial charge in [0.15, 0.2) is 9.84 Å². The van der Waals surface area contributed by atoms with E-state index < -0.39 is 9.84 Å². The average molecular weight is 268 g/mol. The Morgan fingerprint density at radius 1 is 1.39 bits per heavy atom. The lowest BCUT2D eigenvalue weighted by atomic mass is 10.00. The summed E-state index contributed by atoms with van der Waals surface area (Å²) in [5.74, 6) is 0.590. The molecule has 0 amide bonds. The maximum absolute atomic E-state index is 11.8. The lowest BCUT2D eigenvalue weighted by molar-refractivity contribution is 0.445. The van der Waals surface area contributed by atoms with E-state index in [1.165, 1.54) is 12.7 Å². The molecular weight excluding hydrogens is 248 g/mol. The highest BCUT2D eigenvalue weighted by Gasteiger charge is 2.22. The van der Waals surface area contributed by atoms with Crippen LogP contribution >= 0.6 is 0 Å². The second kappa shape index (κ2) is 4.80. The fourth-order valence-corrected chi connectivity index (χ4v) is 3.39. The van der Waals surface area contributed by atoms with E-state index in [0.717, 1.165) is 25.2 Å². The van der Waals surface area contributed by atoms with Crippen molar-refractivity contribution >= 4 is 21.2 Å². The third kappa shape index (κ3) is 2.77. The lowest BCUT2D eigenvalue weighted by Crippen LogP contribution is -2.35. The molecule has 100 valence electrons. The first-order valence-electron chi connectivity index (χ1n) is 6.22. The van der Waals surface area contributed by atoms with Crippen molar-refractivity contribution in [2.45, 2.75) is 24.7 Å². The summed E-state index contributed by atoms with van der Waals surface area (Å²) in [6, 6.07) is 5.03. The highest BCUT2D eigenvalue weighted by molar-refractivity contribution is 7.90. The van der Waals surface area contributed by atoms with Crippen LogP contribution in [0, 0.1) is 5.92 Å². The predicted octanol–water partition coefficient (Wildman–Crippen LogP) is 1.91. The van der Waals surface area contributed by atoms with Crippen LogP contribution in [0.25, 0.3) is 0 Å². The van der Waals surface area contributed by atoms with E-state index in [4.69, 9.17) is 5.73 Å². The van der Waals surface area contributed by atoms with E-state index in [1.54, 1.807) is 18.2 Å². The van der Waals surface area contributed by atoms with E-state index in [2.05, 4.69) is 11.8 Å². The molecule has 1 atom stereocenters. The van der Waals surface area contributed by atoms with Crippen molar-refractivity contribution in [3.8, 4) is 0 Å². The molecule has 1 aromatic carbocycles. The zero-order valence-corrected chi connectivity index (χ0v) is 11.7. The van der Waals surface area contributed by atoms with Gasteiger partial charge < -0.3 is 10.6 Å². The standard InChI is InChI=1S/C13H20N2O2S/c1-10-4-3-7-15(9-10)12-8-11(14)5-6-13(12)18(2,16)17/h5-6,8,10H,3-4,7,9,14H2,1-2H3. The molecule has 1 fully saturated rings. The van der Waals surface area contributed by atoms with Crippen LogP contribution in [0.4, 0.5) is 11.4 Å². The zero-order valence-electron chi connectivity index (χ0n) is 10.9. The summed E-state index contributed by atoms with van der Waals surface area (Å²) < 4.78 is 23.6. The Kier molecular flexibility index (Phi) is 3.52. The molecule has 1 aromatic rings. The van der Waals surface area contributed by atoms with Gasteiger partial charge >= 0.3 is 0 Å². The van der Waals surface area contributed by atoms with Gasteiger partial charge in [0.2, 0.25) is 0 Å². The molecule has 5 heteroatoms. The molecule has 1 unspecified atom stereocenters. The number of nitrogens with zero attached hydrogens (tertiary/aromatic N) is 1. The van der Waals surface area contributed by atoms with Gasteiger partial charge in [-0.05, 0) is 37.0 Å². The first kappa shape index (κ1) is 13.2. The molecule has 0 aliphatic carbocycles. The third-order valence-electron chi connectivity index (χ3n) is 3.38. The number of piperidine rings is 1. The Bertz CT molecular complexity index is 540. The molecule has 0 saturated carbocycles. The Hall–Kier alpha value is -1.23. The summed E-state index contributed by atoms with van der Waals surface area (Å²) in [5.41, 5.74) is 7.15. The van der Waals surface area contributed by atoms with Crippen LogP contribution in [-0.4, -0.2) is 27.8 Å². The quantitative estimate of drug-likeness (QED) is 0.832. The molecule has 4 nitrogen and oxygen atoms in total. The summed E-state index contributed by atoms with van der Waals surface area (Å²) in [6.45, 7) is 3.99. The average Bonchev–Trinajstić information content (AvgIpc) is 2.27. The first-order valence-corrected chi connectivity index (χ1v) is 8.11. The van der Waals surface area contributed by atoms with Gasteiger partial charge in [0, 0.05) is 25.0 Å². The largest absolute Gasteiger partial charge is 0.399 e. The SMILES string of the molecule is CC1CCCN(c2cc(N)ccc2S(C)(=O)=O)C1. The van der Waals surface area contributed by atoms with Crippen molar-refractivity contribution in [1.82, 2.24) is 0 Å². The predicted molar refractivity (Wildman–Crippen MR) is 74.6 cm³/mol. The number of hydrogen-bond acceptors (Lipinski definition) is 4. The van der Waals surface area contributed by atoms with Gasteiger partial charge in [0.1, 0.15) is 0 Å². The van der Waals surface area contributed by atoms with Crippen LogP contribution in [0.15, 0.2) is 23.1 Å². The highest BCUT2D eigenvalue weighted by atomic mass is 32.2. The number of hydrogen-bond donors (Lipinski definition) is 1. The van der Waals surface area contributed by atoms with Crippen LogP contribution < -0.4 is 10.6 Å². The smallest absolute Gasteiger partial charge is 0.177 e. The topological polar surface area (TPSA) is 63.4 Å². The minimum atomic E-state index is -3.21. The van der Waals surface area contributed by atoms with Crippen molar-refractivity contribution in [1.29, 1.82) is 0 Å². The number of nitrogen functional groups attached to an aromatic ring is 1. The minimum Gasteiger partial charge on any atom is -0.399 e. The van der Waals surface area contributed by atoms with E-state index >= 15 is 0 Å². The van der Waals surface area contributed by atoms with Gasteiger partial charge in [-0.15, -0.1) is 0 Å². The lowest BCUT2D eigenvalue weighted by Gasteiger charge is -2.34. The molecule has 0 aromatic heterocycles. The fraction of sp³-hybridized carbons (Fsp3) is 0.538. The van der Waals surface area contributed by atoms with Crippen molar-refractivity contribution in [2.24, 2.45) is 5.92 Å². The number of rotatable bonds is 2. The molecule has 0 radical (unpaired) electrons. The Labute approximate surface area is 109 Å². The molecule has 1 aliphatic heterocycles. The van der Waals surface area contributed by atoms with Gasteiger partial charge in [-0.2, -0.15) is 0 Å². The van der Waals surface area contributed by atoms with Crippen molar-refractivity contribution in [3.05, 3.63) is 18.2 Å². The summed E-state index contributed by atoms with van der Waals surface area (Å²) in [5, 5.41) is 0. The minimum absolute atomic E-state index is 0.380. The van der Waals surface area contributed by atoms with E-state index in [1.807, 2.05) is 0 Å². The maximum Gasteiger partial charge on any atom is 0.177 e. The van der Waals surface area contributed by atoms with Gasteiger partial charge in [-0.1, -0.05) is 6.92 Å². The van der Waals surface area contributed by atoms with E-state index in [0.29, 0.717) is 16.5 Å². The Balaban J connectivity index is 2.45. The molecule has 18 heavy (non-hydrogen) atoms. The molecule has 1 heterocycles. The number of anilines is 2. The van der Waals surface area contributed by atoms with Crippen molar-refractivity contribution < 1.29 is 8.42 Å². The van der Waals surface area contributed by atoms with E-state index in [9.17, 15) is 8.42 Å². The maximum atomic E-state index is 11.8. The van der Waals surface area contributed by atoms with Crippen LogP contribution in [0.2, 0.25) is 0 Å². The number of sulfone groups is 1. The normalized spacial score (nSPS) is 21.0. The fourth-order valence-electron chi connectivity index (χ4n) is 2.50. The van der Waals surface area contributed by atoms with Crippen LogP contribution in [-0.2, 0) is 9.84 Å². The molecular formula is C13H20N2O2S. The van der Waals surface area contributed by atoms with Crippen molar-refractivity contribution in [2.75, 3.05) is 30.0 Å². The second-order valence-electron chi connectivity index (χ2n) is 5.19. The summed E-state index contributed by atoms with van der Waals surface area (Å²) in [6.07, 6.45) is 3.54. The molecule has 0 spiro atoms.